The molecule has 1 aromatic rings. The Bertz CT molecular complexity index is 451. The number of para-hydroxylation sites is 2. The number of carbonyl (C=O) groups is 1. The monoisotopic (exact) mass is 233 g/mol. The Morgan fingerprint density at radius 1 is 1.41 bits per heavy atom. The maximum Gasteiger partial charge on any atom is 0.224 e. The summed E-state index contributed by atoms with van der Waals surface area (Å²) in [6.45, 7) is 1.91. The number of hydrogen-bond donors (Lipinski definition) is 1. The van der Waals surface area contributed by atoms with E-state index in [9.17, 15) is 4.79 Å². The van der Waals surface area contributed by atoms with Crippen LogP contribution in [0.1, 0.15) is 19.8 Å². The number of anilines is 1. The van der Waals surface area contributed by atoms with Crippen molar-refractivity contribution < 1.29 is 9.53 Å². The number of nitrogens with zero attached hydrogens (tertiary/aromatic N) is 2. The lowest BCUT2D eigenvalue weighted by Crippen LogP contribution is -2.15. The van der Waals surface area contributed by atoms with Crippen LogP contribution in [-0.2, 0) is 4.79 Å². The third-order valence-electron chi connectivity index (χ3n) is 2.65. The lowest BCUT2D eigenvalue weighted by atomic mass is 10.1. The number of rotatable bonds is 5. The van der Waals surface area contributed by atoms with Crippen LogP contribution in [-0.4, -0.2) is 18.7 Å². The summed E-state index contributed by atoms with van der Waals surface area (Å²) in [5, 5.41) is 10.5. The minimum atomic E-state index is -0.321. The molecule has 0 saturated carbocycles. The van der Waals surface area contributed by atoms with Gasteiger partial charge >= 0.3 is 0 Å². The molecule has 1 aliphatic rings. The second kappa shape index (κ2) is 4.53. The van der Waals surface area contributed by atoms with Gasteiger partial charge < -0.3 is 10.1 Å². The third kappa shape index (κ3) is 3.03. The van der Waals surface area contributed by atoms with Crippen LogP contribution in [0.2, 0.25) is 0 Å². The fraction of sp³-hybridized carbons (Fsp3) is 0.417. The zero-order valence-electron chi connectivity index (χ0n) is 9.93. The second-order valence-electron chi connectivity index (χ2n) is 4.17. The normalized spacial score (nSPS) is 15.4. The molecule has 1 N–H and O–H groups in total. The first kappa shape index (κ1) is 11.6. The Morgan fingerprint density at radius 3 is 2.76 bits per heavy atom. The van der Waals surface area contributed by atoms with Crippen molar-refractivity contribution in [3.63, 3.8) is 0 Å². The fourth-order valence-corrected chi connectivity index (χ4v) is 1.50. The first-order valence-corrected chi connectivity index (χ1v) is 5.50. The van der Waals surface area contributed by atoms with E-state index in [4.69, 9.17) is 4.74 Å². The SMILES string of the molecule is COc1ccccc1NC(=O)CCC1(C)N=N1. The van der Waals surface area contributed by atoms with Crippen LogP contribution in [0.25, 0.3) is 0 Å². The Hall–Kier alpha value is -1.91. The van der Waals surface area contributed by atoms with Crippen LogP contribution in [0.3, 0.4) is 0 Å². The van der Waals surface area contributed by atoms with E-state index >= 15 is 0 Å². The molecule has 0 spiro atoms. The van der Waals surface area contributed by atoms with Crippen molar-refractivity contribution in [2.24, 2.45) is 10.2 Å². The molecule has 90 valence electrons. The Labute approximate surface area is 99.9 Å². The van der Waals surface area contributed by atoms with Crippen molar-refractivity contribution in [1.82, 2.24) is 0 Å². The van der Waals surface area contributed by atoms with Gasteiger partial charge in [0.1, 0.15) is 5.75 Å². The van der Waals surface area contributed by atoms with E-state index in [1.165, 1.54) is 0 Å². The quantitative estimate of drug-likeness (QED) is 0.849. The molecule has 0 saturated heterocycles. The third-order valence-corrected chi connectivity index (χ3v) is 2.65. The Balaban J connectivity index is 1.88. The van der Waals surface area contributed by atoms with Crippen LogP contribution in [0.15, 0.2) is 34.5 Å². The molecule has 2 rings (SSSR count). The van der Waals surface area contributed by atoms with Crippen molar-refractivity contribution in [2.75, 3.05) is 12.4 Å². The van der Waals surface area contributed by atoms with E-state index in [2.05, 4.69) is 15.5 Å². The molecule has 0 bridgehead atoms. The fourth-order valence-electron chi connectivity index (χ4n) is 1.50. The van der Waals surface area contributed by atoms with Crippen molar-refractivity contribution in [1.29, 1.82) is 0 Å². The van der Waals surface area contributed by atoms with Gasteiger partial charge in [-0.15, -0.1) is 0 Å². The Morgan fingerprint density at radius 2 is 2.12 bits per heavy atom. The number of ether oxygens (including phenoxy) is 1. The first-order valence-electron chi connectivity index (χ1n) is 5.50. The van der Waals surface area contributed by atoms with Crippen LogP contribution in [0.4, 0.5) is 5.69 Å². The number of carbonyl (C=O) groups excluding carboxylic acids is 1. The highest BCUT2D eigenvalue weighted by Crippen LogP contribution is 2.32. The smallest absolute Gasteiger partial charge is 0.224 e. The van der Waals surface area contributed by atoms with Gasteiger partial charge in [0, 0.05) is 12.8 Å². The lowest BCUT2D eigenvalue weighted by Gasteiger charge is -2.10. The average Bonchev–Trinajstić information content (AvgIpc) is 3.06. The number of amides is 1. The predicted molar refractivity (Wildman–Crippen MR) is 64.1 cm³/mol. The summed E-state index contributed by atoms with van der Waals surface area (Å²) in [4.78, 5) is 11.7. The molecule has 1 heterocycles. The van der Waals surface area contributed by atoms with Gasteiger partial charge in [0.25, 0.3) is 0 Å². The van der Waals surface area contributed by atoms with Gasteiger partial charge in [-0.25, -0.2) is 0 Å². The highest BCUT2D eigenvalue weighted by Gasteiger charge is 2.33. The van der Waals surface area contributed by atoms with E-state index in [1.807, 2.05) is 31.2 Å². The molecule has 0 fully saturated rings. The molecule has 1 aliphatic heterocycles. The predicted octanol–water partition coefficient (Wildman–Crippen LogP) is 2.60. The van der Waals surface area contributed by atoms with Gasteiger partial charge in [-0.1, -0.05) is 12.1 Å². The summed E-state index contributed by atoms with van der Waals surface area (Å²) in [6.07, 6.45) is 1.05. The van der Waals surface area contributed by atoms with Crippen LogP contribution in [0.5, 0.6) is 5.75 Å². The molecular weight excluding hydrogens is 218 g/mol. The van der Waals surface area contributed by atoms with E-state index < -0.39 is 0 Å². The minimum Gasteiger partial charge on any atom is -0.495 e. The standard InChI is InChI=1S/C12H15N3O2/c1-12(14-15-12)8-7-11(16)13-9-5-3-4-6-10(9)17-2/h3-6H,7-8H2,1-2H3,(H,13,16). The summed E-state index contributed by atoms with van der Waals surface area (Å²) in [6, 6.07) is 7.33. The van der Waals surface area contributed by atoms with Gasteiger partial charge in [-0.05, 0) is 19.1 Å². The number of hydrogen-bond acceptors (Lipinski definition) is 4. The zero-order valence-corrected chi connectivity index (χ0v) is 9.93. The van der Waals surface area contributed by atoms with Gasteiger partial charge in [0.2, 0.25) is 5.91 Å². The van der Waals surface area contributed by atoms with E-state index in [1.54, 1.807) is 7.11 Å². The average molecular weight is 233 g/mol. The summed E-state index contributed by atoms with van der Waals surface area (Å²) in [5.74, 6) is 0.612. The van der Waals surface area contributed by atoms with E-state index in [0.29, 0.717) is 24.3 Å². The molecule has 1 amide bonds. The topological polar surface area (TPSA) is 63.0 Å². The van der Waals surface area contributed by atoms with Crippen molar-refractivity contribution in [3.05, 3.63) is 24.3 Å². The van der Waals surface area contributed by atoms with Crippen LogP contribution < -0.4 is 10.1 Å². The second-order valence-corrected chi connectivity index (χ2v) is 4.17. The van der Waals surface area contributed by atoms with Gasteiger partial charge in [-0.2, -0.15) is 10.2 Å². The summed E-state index contributed by atoms with van der Waals surface area (Å²) in [7, 11) is 1.58. The summed E-state index contributed by atoms with van der Waals surface area (Å²) in [5.41, 5.74) is 0.368. The highest BCUT2D eigenvalue weighted by atomic mass is 16.5. The number of benzene rings is 1. The van der Waals surface area contributed by atoms with Gasteiger partial charge in [-0.3, -0.25) is 4.79 Å². The van der Waals surface area contributed by atoms with E-state index in [0.717, 1.165) is 0 Å². The maximum atomic E-state index is 11.7. The molecule has 0 unspecified atom stereocenters. The van der Waals surface area contributed by atoms with Crippen molar-refractivity contribution >= 4 is 11.6 Å². The molecular formula is C12H15N3O2. The molecule has 0 atom stereocenters. The molecule has 5 nitrogen and oxygen atoms in total. The minimum absolute atomic E-state index is 0.0481. The van der Waals surface area contributed by atoms with Crippen LogP contribution >= 0.6 is 0 Å². The van der Waals surface area contributed by atoms with Gasteiger partial charge in [0.05, 0.1) is 12.8 Å². The van der Waals surface area contributed by atoms with Crippen molar-refractivity contribution in [3.8, 4) is 5.75 Å². The highest BCUT2D eigenvalue weighted by molar-refractivity contribution is 5.92. The lowest BCUT2D eigenvalue weighted by molar-refractivity contribution is -0.116. The van der Waals surface area contributed by atoms with Gasteiger partial charge in [0.15, 0.2) is 5.66 Å². The molecule has 0 aromatic heterocycles. The largest absolute Gasteiger partial charge is 0.495 e. The molecule has 17 heavy (non-hydrogen) atoms. The van der Waals surface area contributed by atoms with E-state index in [-0.39, 0.29) is 11.6 Å². The summed E-state index contributed by atoms with van der Waals surface area (Å²) >= 11 is 0. The van der Waals surface area contributed by atoms with Crippen LogP contribution in [0, 0.1) is 0 Å². The maximum absolute atomic E-state index is 11.7. The molecule has 5 heteroatoms. The molecule has 1 aromatic carbocycles. The van der Waals surface area contributed by atoms with Crippen molar-refractivity contribution in [2.45, 2.75) is 25.4 Å². The molecule has 0 aliphatic carbocycles. The number of nitrogens with one attached hydrogen (secondary N) is 1. The zero-order chi connectivity index (χ0) is 12.3. The number of methoxy groups -OCH3 is 1. The Kier molecular flexibility index (Phi) is 3.08. The molecule has 0 radical (unpaired) electrons. The summed E-state index contributed by atoms with van der Waals surface area (Å²) < 4.78 is 5.15. The first-order chi connectivity index (χ1) is 8.13.